The second kappa shape index (κ2) is 6.03. The number of anilines is 1. The number of hydrogen-bond acceptors (Lipinski definition) is 2. The highest BCUT2D eigenvalue weighted by Gasteiger charge is 2.29. The smallest absolute Gasteiger partial charge is 0.232 e. The third-order valence-corrected chi connectivity index (χ3v) is 5.77. The van der Waals surface area contributed by atoms with Crippen molar-refractivity contribution in [2.45, 2.75) is 17.7 Å². The van der Waals surface area contributed by atoms with Gasteiger partial charge < -0.3 is 5.32 Å². The zero-order valence-electron chi connectivity index (χ0n) is 11.3. The van der Waals surface area contributed by atoms with Gasteiger partial charge in [-0.1, -0.05) is 29.8 Å². The molecule has 1 N–H and O–H groups in total. The highest BCUT2D eigenvalue weighted by atomic mass is 79.9. The van der Waals surface area contributed by atoms with Gasteiger partial charge in [0.1, 0.15) is 0 Å². The third kappa shape index (κ3) is 2.98. The summed E-state index contributed by atoms with van der Waals surface area (Å²) in [4.78, 5) is 13.7. The van der Waals surface area contributed by atoms with E-state index in [0.29, 0.717) is 10.7 Å². The van der Waals surface area contributed by atoms with Crippen LogP contribution in [0.5, 0.6) is 0 Å². The lowest BCUT2D eigenvalue weighted by atomic mass is 10.0. The SMILES string of the molecule is Cc1cc(Br)c(NC(=O)C2CSc3ccccc32)cc1Cl. The van der Waals surface area contributed by atoms with Gasteiger partial charge in [-0.05, 0) is 52.2 Å². The summed E-state index contributed by atoms with van der Waals surface area (Å²) in [7, 11) is 0. The average Bonchev–Trinajstić information content (AvgIpc) is 2.88. The summed E-state index contributed by atoms with van der Waals surface area (Å²) in [6, 6.07) is 11.8. The number of fused-ring (bicyclic) bond motifs is 1. The maximum absolute atomic E-state index is 12.5. The molecule has 0 fully saturated rings. The maximum atomic E-state index is 12.5. The van der Waals surface area contributed by atoms with E-state index in [-0.39, 0.29) is 11.8 Å². The summed E-state index contributed by atoms with van der Waals surface area (Å²) in [6.45, 7) is 1.93. The fraction of sp³-hybridized carbons (Fsp3) is 0.188. The zero-order chi connectivity index (χ0) is 15.0. The molecule has 0 saturated heterocycles. The van der Waals surface area contributed by atoms with E-state index >= 15 is 0 Å². The van der Waals surface area contributed by atoms with E-state index < -0.39 is 0 Å². The van der Waals surface area contributed by atoms with Crippen LogP contribution in [0.1, 0.15) is 17.0 Å². The average molecular weight is 383 g/mol. The van der Waals surface area contributed by atoms with E-state index in [1.165, 1.54) is 4.90 Å². The van der Waals surface area contributed by atoms with E-state index in [1.807, 2.05) is 31.2 Å². The molecule has 108 valence electrons. The minimum absolute atomic E-state index is 0.00747. The summed E-state index contributed by atoms with van der Waals surface area (Å²) in [5.41, 5.74) is 2.79. The number of rotatable bonds is 2. The molecule has 2 nitrogen and oxygen atoms in total. The van der Waals surface area contributed by atoms with Crippen molar-refractivity contribution < 1.29 is 4.79 Å². The van der Waals surface area contributed by atoms with Crippen LogP contribution < -0.4 is 5.32 Å². The van der Waals surface area contributed by atoms with E-state index in [2.05, 4.69) is 27.3 Å². The molecular weight excluding hydrogens is 370 g/mol. The van der Waals surface area contributed by atoms with Crippen LogP contribution in [-0.4, -0.2) is 11.7 Å². The second-order valence-corrected chi connectivity index (χ2v) is 7.30. The van der Waals surface area contributed by atoms with Crippen LogP contribution in [0.15, 0.2) is 45.8 Å². The number of amides is 1. The first kappa shape index (κ1) is 14.9. The predicted molar refractivity (Wildman–Crippen MR) is 92.4 cm³/mol. The number of benzene rings is 2. The molecule has 0 aromatic heterocycles. The molecule has 1 aliphatic heterocycles. The van der Waals surface area contributed by atoms with Crippen molar-refractivity contribution in [1.82, 2.24) is 0 Å². The van der Waals surface area contributed by atoms with Crippen molar-refractivity contribution in [3.05, 3.63) is 57.0 Å². The largest absolute Gasteiger partial charge is 0.324 e. The third-order valence-electron chi connectivity index (χ3n) is 3.52. The molecule has 1 heterocycles. The molecule has 2 aromatic carbocycles. The lowest BCUT2D eigenvalue weighted by Crippen LogP contribution is -2.21. The summed E-state index contributed by atoms with van der Waals surface area (Å²) in [5, 5.41) is 3.63. The molecule has 0 spiro atoms. The molecule has 0 saturated carbocycles. The van der Waals surface area contributed by atoms with Crippen molar-refractivity contribution in [3.63, 3.8) is 0 Å². The number of thioether (sulfide) groups is 1. The van der Waals surface area contributed by atoms with Crippen LogP contribution in [0.2, 0.25) is 5.02 Å². The van der Waals surface area contributed by atoms with Crippen LogP contribution in [0.4, 0.5) is 5.69 Å². The topological polar surface area (TPSA) is 29.1 Å². The number of nitrogens with one attached hydrogen (secondary N) is 1. The van der Waals surface area contributed by atoms with Crippen LogP contribution in [-0.2, 0) is 4.79 Å². The molecule has 1 unspecified atom stereocenters. The highest BCUT2D eigenvalue weighted by molar-refractivity contribution is 9.10. The minimum Gasteiger partial charge on any atom is -0.324 e. The van der Waals surface area contributed by atoms with Gasteiger partial charge >= 0.3 is 0 Å². The van der Waals surface area contributed by atoms with Crippen molar-refractivity contribution in [1.29, 1.82) is 0 Å². The fourth-order valence-electron chi connectivity index (χ4n) is 2.34. The van der Waals surface area contributed by atoms with E-state index in [4.69, 9.17) is 11.6 Å². The maximum Gasteiger partial charge on any atom is 0.232 e. The first-order valence-corrected chi connectivity index (χ1v) is 8.70. The Balaban J connectivity index is 1.84. The van der Waals surface area contributed by atoms with E-state index in [0.717, 1.165) is 21.4 Å². The van der Waals surface area contributed by atoms with Gasteiger partial charge in [0.25, 0.3) is 0 Å². The van der Waals surface area contributed by atoms with Crippen LogP contribution in [0.25, 0.3) is 0 Å². The van der Waals surface area contributed by atoms with Crippen LogP contribution in [0, 0.1) is 6.92 Å². The normalized spacial score (nSPS) is 16.6. The Morgan fingerprint density at radius 3 is 2.95 bits per heavy atom. The first-order valence-electron chi connectivity index (χ1n) is 6.54. The summed E-state index contributed by atoms with van der Waals surface area (Å²) in [5.74, 6) is 0.675. The van der Waals surface area contributed by atoms with E-state index in [1.54, 1.807) is 17.8 Å². The molecule has 0 radical (unpaired) electrons. The number of carbonyl (C=O) groups is 1. The Morgan fingerprint density at radius 1 is 1.38 bits per heavy atom. The summed E-state index contributed by atoms with van der Waals surface area (Å²) >= 11 is 11.3. The predicted octanol–water partition coefficient (Wildman–Crippen LogP) is 5.24. The van der Waals surface area contributed by atoms with Gasteiger partial charge in [0.2, 0.25) is 5.91 Å². The molecular formula is C16H13BrClNOS. The monoisotopic (exact) mass is 381 g/mol. The van der Waals surface area contributed by atoms with Gasteiger partial charge in [-0.2, -0.15) is 0 Å². The van der Waals surface area contributed by atoms with Gasteiger partial charge in [-0.3, -0.25) is 4.79 Å². The Bertz CT molecular complexity index is 719. The molecule has 2 aromatic rings. The number of aryl methyl sites for hydroxylation is 1. The number of halogens is 2. The molecule has 1 atom stereocenters. The Kier molecular flexibility index (Phi) is 4.29. The van der Waals surface area contributed by atoms with Gasteiger partial charge in [0.15, 0.2) is 0 Å². The van der Waals surface area contributed by atoms with Crippen LogP contribution >= 0.6 is 39.3 Å². The number of hydrogen-bond donors (Lipinski definition) is 1. The summed E-state index contributed by atoms with van der Waals surface area (Å²) < 4.78 is 0.844. The Labute approximate surface area is 141 Å². The Morgan fingerprint density at radius 2 is 2.14 bits per heavy atom. The van der Waals surface area contributed by atoms with Crippen molar-refractivity contribution in [3.8, 4) is 0 Å². The van der Waals surface area contributed by atoms with Gasteiger partial charge in [-0.25, -0.2) is 0 Å². The molecule has 5 heteroatoms. The molecule has 21 heavy (non-hydrogen) atoms. The fourth-order valence-corrected chi connectivity index (χ4v) is 4.29. The molecule has 0 aliphatic carbocycles. The van der Waals surface area contributed by atoms with Gasteiger partial charge in [0, 0.05) is 20.1 Å². The number of carbonyl (C=O) groups excluding carboxylic acids is 1. The van der Waals surface area contributed by atoms with Crippen molar-refractivity contribution >= 4 is 50.9 Å². The van der Waals surface area contributed by atoms with Crippen LogP contribution in [0.3, 0.4) is 0 Å². The zero-order valence-corrected chi connectivity index (χ0v) is 14.5. The minimum atomic E-state index is -0.113. The Hall–Kier alpha value is -0.970. The molecule has 0 bridgehead atoms. The lowest BCUT2D eigenvalue weighted by Gasteiger charge is -2.14. The second-order valence-electron chi connectivity index (χ2n) is 4.97. The summed E-state index contributed by atoms with van der Waals surface area (Å²) in [6.07, 6.45) is 0. The van der Waals surface area contributed by atoms with Gasteiger partial charge in [-0.15, -0.1) is 11.8 Å². The van der Waals surface area contributed by atoms with E-state index in [9.17, 15) is 4.79 Å². The molecule has 1 aliphatic rings. The highest BCUT2D eigenvalue weighted by Crippen LogP contribution is 2.40. The lowest BCUT2D eigenvalue weighted by molar-refractivity contribution is -0.117. The standard InChI is InChI=1S/C16H13BrClNOS/c1-9-6-12(17)14(7-13(9)18)19-16(20)11-8-21-15-5-3-2-4-10(11)15/h2-7,11H,8H2,1H3,(H,19,20). The van der Waals surface area contributed by atoms with Crippen molar-refractivity contribution in [2.75, 3.05) is 11.1 Å². The first-order chi connectivity index (χ1) is 10.1. The quantitative estimate of drug-likeness (QED) is 0.769. The molecule has 1 amide bonds. The molecule has 3 rings (SSSR count). The van der Waals surface area contributed by atoms with Gasteiger partial charge in [0.05, 0.1) is 11.6 Å². The van der Waals surface area contributed by atoms with Crippen molar-refractivity contribution in [2.24, 2.45) is 0 Å².